The highest BCUT2D eigenvalue weighted by Crippen LogP contribution is 2.43. The number of carbonyl (C=O) groups excluding carboxylic acids is 3. The fourth-order valence-electron chi connectivity index (χ4n) is 6.75. The molecule has 0 amide bonds. The summed E-state index contributed by atoms with van der Waals surface area (Å²) in [6.45, 7) is 4.21. The van der Waals surface area contributed by atoms with Crippen LogP contribution in [0, 0.1) is 0 Å². The van der Waals surface area contributed by atoms with Crippen LogP contribution in [0.4, 0.5) is 0 Å². The molecule has 0 heterocycles. The maximum absolute atomic E-state index is 12.9. The molecule has 0 aromatic heterocycles. The summed E-state index contributed by atoms with van der Waals surface area (Å²) >= 11 is 0. The Labute approximate surface area is 437 Å². The molecule has 12 heteroatoms. The van der Waals surface area contributed by atoms with Gasteiger partial charge in [-0.3, -0.25) is 23.4 Å². The van der Waals surface area contributed by atoms with E-state index < -0.39 is 57.8 Å². The summed E-state index contributed by atoms with van der Waals surface area (Å²) in [5.41, 5.74) is 0. The van der Waals surface area contributed by atoms with Gasteiger partial charge in [0.1, 0.15) is 12.7 Å². The summed E-state index contributed by atoms with van der Waals surface area (Å²) in [6, 6.07) is 0. The third-order valence-electron chi connectivity index (χ3n) is 10.8. The van der Waals surface area contributed by atoms with Crippen LogP contribution in [0.2, 0.25) is 0 Å². The summed E-state index contributed by atoms with van der Waals surface area (Å²) in [7, 11) is -4.77. The van der Waals surface area contributed by atoms with Crippen LogP contribution >= 0.6 is 7.82 Å². The minimum atomic E-state index is -4.77. The van der Waals surface area contributed by atoms with E-state index in [1.54, 1.807) is 0 Å². The number of phosphoric acid groups is 1. The molecule has 11 nitrogen and oxygen atoms in total. The van der Waals surface area contributed by atoms with E-state index in [1.807, 2.05) is 12.2 Å². The number of ether oxygens (including phenoxy) is 3. The second-order valence-corrected chi connectivity index (χ2v) is 19.1. The zero-order valence-corrected chi connectivity index (χ0v) is 45.7. The molecule has 0 aliphatic heterocycles. The number of unbranched alkanes of at least 4 members (excludes halogenated alkanes) is 12. The Morgan fingerprint density at radius 3 is 1.17 bits per heavy atom. The van der Waals surface area contributed by atoms with Crippen LogP contribution in [-0.4, -0.2) is 66.5 Å². The number of aliphatic hydroxyl groups excluding tert-OH is 1. The minimum Gasteiger partial charge on any atom is -0.462 e. The first-order valence-corrected chi connectivity index (χ1v) is 28.9. The van der Waals surface area contributed by atoms with Crippen LogP contribution in [-0.2, 0) is 42.2 Å². The largest absolute Gasteiger partial charge is 0.472 e. The Kier molecular flexibility index (Phi) is 50.1. The topological polar surface area (TPSA) is 155 Å². The third kappa shape index (κ3) is 50.8. The number of carbonyl (C=O) groups is 3. The van der Waals surface area contributed by atoms with Crippen molar-refractivity contribution >= 4 is 25.7 Å². The molecular weight excluding hydrogens is 928 g/mol. The second kappa shape index (κ2) is 53.2. The standard InChI is InChI=1S/C60H97O11P/c1-4-7-10-13-16-19-22-25-26-27-28-29-30-33-36-39-42-45-48-51-60(64)71-57(53-67-58(62)49-46-43-40-37-34-31-23-20-17-14-11-8-5-2)55-69-72(65,66)68-54-56(52-61)70-59(63)50-47-44-41-38-35-32-24-21-18-15-12-9-6-3/h7-8,10-12,15-17,19-21,24-26,28-29,31,34,40,43,56-57,61H,4-6,9,13-14,18,22-23,27,30,32-33,35-39,41-42,44-55H2,1-3H3,(H,65,66)/b10-7-,11-8-,15-12-,19-16-,20-17-,24-21-,26-25-,29-28-,34-31-,43-40-. The lowest BCUT2D eigenvalue weighted by molar-refractivity contribution is -0.161. The molecule has 3 unspecified atom stereocenters. The predicted molar refractivity (Wildman–Crippen MR) is 297 cm³/mol. The van der Waals surface area contributed by atoms with Gasteiger partial charge in [0.05, 0.1) is 19.8 Å². The first-order valence-electron chi connectivity index (χ1n) is 27.4. The van der Waals surface area contributed by atoms with Gasteiger partial charge in [-0.15, -0.1) is 0 Å². The minimum absolute atomic E-state index is 0.0948. The van der Waals surface area contributed by atoms with E-state index in [-0.39, 0.29) is 25.9 Å². The molecular formula is C60H97O11P. The Hall–Kier alpha value is -4.12. The molecule has 0 bridgehead atoms. The zero-order valence-electron chi connectivity index (χ0n) is 44.8. The van der Waals surface area contributed by atoms with Crippen molar-refractivity contribution in [3.63, 3.8) is 0 Å². The number of aliphatic hydroxyl groups is 1. The number of rotatable bonds is 49. The lowest BCUT2D eigenvalue weighted by Gasteiger charge is -2.21. The van der Waals surface area contributed by atoms with Gasteiger partial charge < -0.3 is 24.2 Å². The van der Waals surface area contributed by atoms with Gasteiger partial charge in [-0.05, 0) is 109 Å². The van der Waals surface area contributed by atoms with E-state index in [1.165, 1.54) is 0 Å². The highest BCUT2D eigenvalue weighted by atomic mass is 31.2. The number of hydrogen-bond acceptors (Lipinski definition) is 10. The number of allylic oxidation sites excluding steroid dienone is 20. The van der Waals surface area contributed by atoms with Gasteiger partial charge in [0.25, 0.3) is 0 Å². The maximum atomic E-state index is 12.9. The first-order chi connectivity index (χ1) is 35.2. The summed E-state index contributed by atoms with van der Waals surface area (Å²) in [4.78, 5) is 48.4. The van der Waals surface area contributed by atoms with E-state index in [4.69, 9.17) is 23.3 Å². The maximum Gasteiger partial charge on any atom is 0.472 e. The Morgan fingerprint density at radius 2 is 0.750 bits per heavy atom. The quantitative estimate of drug-likeness (QED) is 0.0197. The number of esters is 3. The van der Waals surface area contributed by atoms with Gasteiger partial charge in [-0.25, -0.2) is 4.57 Å². The summed E-state index contributed by atoms with van der Waals surface area (Å²) in [5, 5.41) is 9.79. The van der Waals surface area contributed by atoms with Gasteiger partial charge in [0.2, 0.25) is 0 Å². The van der Waals surface area contributed by atoms with E-state index in [0.29, 0.717) is 19.3 Å². The highest BCUT2D eigenvalue weighted by molar-refractivity contribution is 7.47. The van der Waals surface area contributed by atoms with Crippen molar-refractivity contribution in [2.75, 3.05) is 26.4 Å². The summed E-state index contributed by atoms with van der Waals surface area (Å²) in [5.74, 6) is -1.61. The monoisotopic (exact) mass is 1020 g/mol. The fraction of sp³-hybridized carbons (Fsp3) is 0.617. The zero-order chi connectivity index (χ0) is 52.7. The predicted octanol–water partition coefficient (Wildman–Crippen LogP) is 16.0. The molecule has 0 rings (SSSR count). The molecule has 0 saturated heterocycles. The average molecular weight is 1030 g/mol. The Balaban J connectivity index is 4.85. The summed E-state index contributed by atoms with van der Waals surface area (Å²) in [6.07, 6.45) is 64.6. The molecule has 2 N–H and O–H groups in total. The molecule has 3 atom stereocenters. The van der Waals surface area contributed by atoms with Gasteiger partial charge in [0.15, 0.2) is 6.10 Å². The SMILES string of the molecule is CC/C=C\C/C=C\C/C=C\C/C=C\CCCCCCCCC(=O)OC(COC(=O)CC/C=C\C/C=C\C/C=C\C/C=C\CC)COP(=O)(O)OCC(CO)OC(=O)CCCCCCC/C=C\C/C=C\CCC. The van der Waals surface area contributed by atoms with E-state index >= 15 is 0 Å². The van der Waals surface area contributed by atoms with Crippen molar-refractivity contribution < 1.29 is 52.2 Å². The molecule has 0 fully saturated rings. The fourth-order valence-corrected chi connectivity index (χ4v) is 7.53. The van der Waals surface area contributed by atoms with Crippen LogP contribution in [0.25, 0.3) is 0 Å². The molecule has 0 radical (unpaired) electrons. The molecule has 0 aromatic carbocycles. The molecule has 72 heavy (non-hydrogen) atoms. The average Bonchev–Trinajstić information content (AvgIpc) is 3.37. The van der Waals surface area contributed by atoms with Crippen LogP contribution in [0.3, 0.4) is 0 Å². The molecule has 0 aromatic rings. The smallest absolute Gasteiger partial charge is 0.462 e. The van der Waals surface area contributed by atoms with E-state index in [2.05, 4.69) is 130 Å². The van der Waals surface area contributed by atoms with Crippen molar-refractivity contribution in [1.29, 1.82) is 0 Å². The normalized spacial score (nSPS) is 14.3. The van der Waals surface area contributed by atoms with Crippen molar-refractivity contribution in [3.8, 4) is 0 Å². The number of phosphoric ester groups is 1. The molecule has 0 aliphatic carbocycles. The van der Waals surface area contributed by atoms with Crippen LogP contribution < -0.4 is 0 Å². The van der Waals surface area contributed by atoms with Gasteiger partial charge in [-0.2, -0.15) is 0 Å². The lowest BCUT2D eigenvalue weighted by atomic mass is 10.1. The van der Waals surface area contributed by atoms with Crippen LogP contribution in [0.15, 0.2) is 122 Å². The first kappa shape index (κ1) is 67.9. The van der Waals surface area contributed by atoms with Gasteiger partial charge >= 0.3 is 25.7 Å². The van der Waals surface area contributed by atoms with Crippen molar-refractivity contribution in [3.05, 3.63) is 122 Å². The van der Waals surface area contributed by atoms with Crippen LogP contribution in [0.1, 0.15) is 201 Å². The van der Waals surface area contributed by atoms with E-state index in [9.17, 15) is 28.9 Å². The van der Waals surface area contributed by atoms with Crippen LogP contribution in [0.5, 0.6) is 0 Å². The molecule has 0 aliphatic rings. The van der Waals surface area contributed by atoms with Crippen molar-refractivity contribution in [2.24, 2.45) is 0 Å². The van der Waals surface area contributed by atoms with Gasteiger partial charge in [0, 0.05) is 19.3 Å². The van der Waals surface area contributed by atoms with Gasteiger partial charge in [-0.1, -0.05) is 194 Å². The lowest BCUT2D eigenvalue weighted by Crippen LogP contribution is -2.30. The Morgan fingerprint density at radius 1 is 0.403 bits per heavy atom. The van der Waals surface area contributed by atoms with Crippen molar-refractivity contribution in [2.45, 2.75) is 213 Å². The Bertz CT molecular complexity index is 1670. The van der Waals surface area contributed by atoms with Crippen molar-refractivity contribution in [1.82, 2.24) is 0 Å². The van der Waals surface area contributed by atoms with E-state index in [0.717, 1.165) is 141 Å². The number of hydrogen-bond donors (Lipinski definition) is 2. The molecule has 408 valence electrons. The summed E-state index contributed by atoms with van der Waals surface area (Å²) < 4.78 is 39.3. The third-order valence-corrected chi connectivity index (χ3v) is 11.8. The molecule has 0 spiro atoms. The second-order valence-electron chi connectivity index (χ2n) is 17.6. The molecule has 0 saturated carbocycles. The highest BCUT2D eigenvalue weighted by Gasteiger charge is 2.28.